The van der Waals surface area contributed by atoms with E-state index in [0.717, 1.165) is 24.3 Å². The fraction of sp³-hybridized carbons (Fsp3) is 0.364. The van der Waals surface area contributed by atoms with Crippen LogP contribution in [0, 0.1) is 12.3 Å². The number of carbonyl (C=O) groups excluding carboxylic acids is 2. The van der Waals surface area contributed by atoms with Crippen LogP contribution in [0.25, 0.3) is 0 Å². The van der Waals surface area contributed by atoms with Crippen molar-refractivity contribution in [2.75, 3.05) is 28.6 Å². The first-order valence-electron chi connectivity index (χ1n) is 9.63. The van der Waals surface area contributed by atoms with Crippen LogP contribution < -0.4 is 15.5 Å². The molecule has 0 aliphatic heterocycles. The van der Waals surface area contributed by atoms with Gasteiger partial charge < -0.3 is 15.5 Å². The van der Waals surface area contributed by atoms with Crippen LogP contribution in [-0.4, -0.2) is 24.9 Å². The highest BCUT2D eigenvalue weighted by molar-refractivity contribution is 6.30. The average molecular weight is 400 g/mol. The second-order valence-electron chi connectivity index (χ2n) is 7.17. The number of halogens is 1. The number of benzene rings is 2. The Morgan fingerprint density at radius 2 is 1.61 bits per heavy atom. The van der Waals surface area contributed by atoms with Gasteiger partial charge in [0.25, 0.3) is 0 Å². The summed E-state index contributed by atoms with van der Waals surface area (Å²) in [6, 6.07) is 13.0. The number of carbonyl (C=O) groups is 2. The van der Waals surface area contributed by atoms with Gasteiger partial charge in [0.1, 0.15) is 5.41 Å². The Labute approximate surface area is 171 Å². The molecule has 2 aromatic rings. The van der Waals surface area contributed by atoms with Gasteiger partial charge in [0.05, 0.1) is 0 Å². The largest absolute Gasteiger partial charge is 0.372 e. The maximum absolute atomic E-state index is 12.8. The Kier molecular flexibility index (Phi) is 5.94. The van der Waals surface area contributed by atoms with Gasteiger partial charge in [0.2, 0.25) is 11.8 Å². The second kappa shape index (κ2) is 8.23. The Hall–Kier alpha value is -2.53. The Morgan fingerprint density at radius 3 is 2.14 bits per heavy atom. The molecule has 0 saturated heterocycles. The van der Waals surface area contributed by atoms with Crippen LogP contribution in [0.1, 0.15) is 32.3 Å². The summed E-state index contributed by atoms with van der Waals surface area (Å²) in [4.78, 5) is 27.8. The fourth-order valence-corrected chi connectivity index (χ4v) is 3.51. The average Bonchev–Trinajstić information content (AvgIpc) is 3.48. The van der Waals surface area contributed by atoms with Gasteiger partial charge in [-0.3, -0.25) is 9.59 Å². The lowest BCUT2D eigenvalue weighted by atomic mass is 10.0. The number of nitrogens with one attached hydrogen (secondary N) is 2. The summed E-state index contributed by atoms with van der Waals surface area (Å²) in [5.41, 5.74) is 2.35. The highest BCUT2D eigenvalue weighted by atomic mass is 35.5. The van der Waals surface area contributed by atoms with Crippen LogP contribution in [0.5, 0.6) is 0 Å². The number of rotatable bonds is 7. The first-order chi connectivity index (χ1) is 13.4. The minimum absolute atomic E-state index is 0.257. The van der Waals surface area contributed by atoms with Crippen molar-refractivity contribution in [1.82, 2.24) is 0 Å². The third-order valence-corrected chi connectivity index (χ3v) is 5.54. The number of aryl methyl sites for hydroxylation is 1. The molecule has 0 radical (unpaired) electrons. The van der Waals surface area contributed by atoms with Crippen molar-refractivity contribution in [3.05, 3.63) is 53.1 Å². The predicted octanol–water partition coefficient (Wildman–Crippen LogP) is 4.85. The molecule has 1 saturated carbocycles. The number of hydrogen-bond acceptors (Lipinski definition) is 3. The zero-order chi connectivity index (χ0) is 20.3. The molecule has 0 heterocycles. The van der Waals surface area contributed by atoms with Crippen molar-refractivity contribution < 1.29 is 9.59 Å². The molecule has 5 nitrogen and oxygen atoms in total. The summed E-state index contributed by atoms with van der Waals surface area (Å²) in [7, 11) is 0. The Balaban J connectivity index is 1.67. The van der Waals surface area contributed by atoms with Gasteiger partial charge in [-0.2, -0.15) is 0 Å². The summed E-state index contributed by atoms with van der Waals surface area (Å²) >= 11 is 5.97. The van der Waals surface area contributed by atoms with Gasteiger partial charge in [0, 0.05) is 35.2 Å². The molecule has 0 bridgehead atoms. The second-order valence-corrected chi connectivity index (χ2v) is 7.61. The lowest BCUT2D eigenvalue weighted by molar-refractivity contribution is -0.131. The van der Waals surface area contributed by atoms with Gasteiger partial charge in [0.15, 0.2) is 0 Å². The molecule has 0 aromatic heterocycles. The van der Waals surface area contributed by atoms with Crippen LogP contribution in [-0.2, 0) is 9.59 Å². The molecule has 2 aromatic carbocycles. The molecule has 148 valence electrons. The van der Waals surface area contributed by atoms with E-state index < -0.39 is 5.41 Å². The maximum Gasteiger partial charge on any atom is 0.240 e. The Morgan fingerprint density at radius 1 is 1.00 bits per heavy atom. The fourth-order valence-electron chi connectivity index (χ4n) is 3.29. The van der Waals surface area contributed by atoms with E-state index >= 15 is 0 Å². The lowest BCUT2D eigenvalue weighted by Gasteiger charge is -2.21. The van der Waals surface area contributed by atoms with E-state index in [1.165, 1.54) is 0 Å². The van der Waals surface area contributed by atoms with E-state index in [0.29, 0.717) is 29.2 Å². The Bertz CT molecular complexity index is 872. The molecule has 0 atom stereocenters. The number of hydrogen-bond donors (Lipinski definition) is 2. The minimum Gasteiger partial charge on any atom is -0.372 e. The molecule has 0 spiro atoms. The molecule has 1 aliphatic carbocycles. The number of nitrogens with zero attached hydrogens (tertiary/aromatic N) is 1. The molecule has 2 N–H and O–H groups in total. The zero-order valence-corrected chi connectivity index (χ0v) is 17.3. The lowest BCUT2D eigenvalue weighted by Crippen LogP contribution is -2.35. The standard InChI is InChI=1S/C22H26ClN3O2/c1-4-26(5-2)18-9-7-17(8-10-18)24-20(27)22(12-13-22)21(28)25-19-11-6-16(23)14-15(19)3/h6-11,14H,4-5,12-13H2,1-3H3,(H,24,27)(H,25,28). The molecule has 1 aliphatic rings. The highest BCUT2D eigenvalue weighted by Gasteiger charge is 2.56. The van der Waals surface area contributed by atoms with Crippen LogP contribution >= 0.6 is 11.6 Å². The summed E-state index contributed by atoms with van der Waals surface area (Å²) in [6.07, 6.45) is 1.10. The van der Waals surface area contributed by atoms with Gasteiger partial charge in [-0.05, 0) is 81.6 Å². The maximum atomic E-state index is 12.8. The van der Waals surface area contributed by atoms with Crippen molar-refractivity contribution >= 4 is 40.5 Å². The van der Waals surface area contributed by atoms with Crippen molar-refractivity contribution in [3.63, 3.8) is 0 Å². The third-order valence-electron chi connectivity index (χ3n) is 5.31. The monoisotopic (exact) mass is 399 g/mol. The molecular weight excluding hydrogens is 374 g/mol. The van der Waals surface area contributed by atoms with E-state index in [1.807, 2.05) is 31.2 Å². The van der Waals surface area contributed by atoms with Gasteiger partial charge in [-0.25, -0.2) is 0 Å². The van der Waals surface area contributed by atoms with Crippen molar-refractivity contribution in [1.29, 1.82) is 0 Å². The van der Waals surface area contributed by atoms with E-state index in [2.05, 4.69) is 29.4 Å². The molecule has 0 unspecified atom stereocenters. The van der Waals surface area contributed by atoms with E-state index in [-0.39, 0.29) is 11.8 Å². The first-order valence-corrected chi connectivity index (χ1v) is 10.0. The smallest absolute Gasteiger partial charge is 0.240 e. The molecule has 28 heavy (non-hydrogen) atoms. The molecule has 3 rings (SSSR count). The van der Waals surface area contributed by atoms with Crippen LogP contribution in [0.15, 0.2) is 42.5 Å². The van der Waals surface area contributed by atoms with Crippen LogP contribution in [0.3, 0.4) is 0 Å². The van der Waals surface area contributed by atoms with Crippen molar-refractivity contribution in [3.8, 4) is 0 Å². The summed E-state index contributed by atoms with van der Waals surface area (Å²) in [5.74, 6) is -0.526. The quantitative estimate of drug-likeness (QED) is 0.654. The van der Waals surface area contributed by atoms with E-state index in [9.17, 15) is 9.59 Å². The number of anilines is 3. The zero-order valence-electron chi connectivity index (χ0n) is 16.5. The predicted molar refractivity (Wildman–Crippen MR) is 115 cm³/mol. The molecule has 6 heteroatoms. The van der Waals surface area contributed by atoms with Gasteiger partial charge >= 0.3 is 0 Å². The minimum atomic E-state index is -0.996. The van der Waals surface area contributed by atoms with Crippen molar-refractivity contribution in [2.45, 2.75) is 33.6 Å². The summed E-state index contributed by atoms with van der Waals surface area (Å²) < 4.78 is 0. The first kappa shape index (κ1) is 20.2. The summed E-state index contributed by atoms with van der Waals surface area (Å²) in [5, 5.41) is 6.39. The van der Waals surface area contributed by atoms with E-state index in [1.54, 1.807) is 18.2 Å². The molecule has 2 amide bonds. The number of amides is 2. The normalized spacial score (nSPS) is 14.3. The van der Waals surface area contributed by atoms with Crippen LogP contribution in [0.4, 0.5) is 17.1 Å². The van der Waals surface area contributed by atoms with Crippen molar-refractivity contribution in [2.24, 2.45) is 5.41 Å². The molecule has 1 fully saturated rings. The SMILES string of the molecule is CCN(CC)c1ccc(NC(=O)C2(C(=O)Nc3ccc(Cl)cc3C)CC2)cc1. The highest BCUT2D eigenvalue weighted by Crippen LogP contribution is 2.47. The van der Waals surface area contributed by atoms with Gasteiger partial charge in [-0.15, -0.1) is 0 Å². The third kappa shape index (κ3) is 4.14. The van der Waals surface area contributed by atoms with Crippen LogP contribution in [0.2, 0.25) is 5.02 Å². The van der Waals surface area contributed by atoms with Gasteiger partial charge in [-0.1, -0.05) is 11.6 Å². The van der Waals surface area contributed by atoms with E-state index in [4.69, 9.17) is 11.6 Å². The molecular formula is C22H26ClN3O2. The topological polar surface area (TPSA) is 61.4 Å². The summed E-state index contributed by atoms with van der Waals surface area (Å²) in [6.45, 7) is 7.94.